The van der Waals surface area contributed by atoms with Crippen LogP contribution in [0.1, 0.15) is 41.4 Å². The molecule has 1 atom stereocenters. The zero-order valence-corrected chi connectivity index (χ0v) is 12.6. The average molecular weight is 346 g/mol. The van der Waals surface area contributed by atoms with Crippen LogP contribution in [0.5, 0.6) is 0 Å². The second kappa shape index (κ2) is 6.36. The molecule has 1 fully saturated rings. The van der Waals surface area contributed by atoms with E-state index in [0.29, 0.717) is 10.4 Å². The van der Waals surface area contributed by atoms with Crippen LogP contribution >= 0.6 is 15.9 Å². The molecule has 1 aromatic heterocycles. The number of nitrogens with one attached hydrogen (secondary N) is 2. The number of carbonyl (C=O) groups excluding carboxylic acids is 1. The van der Waals surface area contributed by atoms with E-state index in [0.717, 1.165) is 18.5 Å². The molecule has 1 aromatic rings. The maximum Gasteiger partial charge on any atom is 0.326 e. The zero-order chi connectivity index (χ0) is 14.7. The Hall–Kier alpha value is -1.41. The molecule has 3 N–H and O–H groups in total. The second-order valence-electron chi connectivity index (χ2n) is 4.72. The smallest absolute Gasteiger partial charge is 0.326 e. The van der Waals surface area contributed by atoms with Gasteiger partial charge in [-0.25, -0.2) is 4.79 Å². The fourth-order valence-electron chi connectivity index (χ4n) is 1.85. The number of ether oxygens (including phenoxy) is 1. The average Bonchev–Trinajstić information content (AvgIpc) is 3.17. The summed E-state index contributed by atoms with van der Waals surface area (Å²) in [7, 11) is 1.48. The van der Waals surface area contributed by atoms with Gasteiger partial charge in [0.25, 0.3) is 5.91 Å². The fraction of sp³-hybridized carbons (Fsp3) is 0.583. The molecule has 1 saturated carbocycles. The number of carboxylic acids is 1. The summed E-state index contributed by atoms with van der Waals surface area (Å²) >= 11 is 3.35. The number of carboxylic acid groups (broad SMARTS) is 1. The number of hydrogen-bond acceptors (Lipinski definition) is 4. The first-order valence-corrected chi connectivity index (χ1v) is 7.10. The summed E-state index contributed by atoms with van der Waals surface area (Å²) in [5, 5.41) is 18.3. The van der Waals surface area contributed by atoms with Crippen molar-refractivity contribution in [2.45, 2.75) is 31.2 Å². The number of rotatable bonds is 7. The van der Waals surface area contributed by atoms with E-state index in [2.05, 4.69) is 31.4 Å². The minimum atomic E-state index is -1.09. The Bertz CT molecular complexity index is 513. The van der Waals surface area contributed by atoms with E-state index in [1.807, 2.05) is 0 Å². The number of methoxy groups -OCH3 is 1. The summed E-state index contributed by atoms with van der Waals surface area (Å²) in [6.07, 6.45) is 2.36. The maximum atomic E-state index is 12.1. The lowest BCUT2D eigenvalue weighted by Crippen LogP contribution is -2.41. The normalized spacial score (nSPS) is 15.9. The van der Waals surface area contributed by atoms with Crippen molar-refractivity contribution >= 4 is 27.8 Å². The Morgan fingerprint density at radius 1 is 1.60 bits per heavy atom. The predicted octanol–water partition coefficient (Wildman–Crippen LogP) is 1.27. The molecule has 0 saturated heterocycles. The third-order valence-electron chi connectivity index (χ3n) is 3.15. The summed E-state index contributed by atoms with van der Waals surface area (Å²) in [5.74, 6) is -1.19. The van der Waals surface area contributed by atoms with E-state index in [4.69, 9.17) is 9.84 Å². The standard InChI is InChI=1S/C12H16BrN3O4/c1-20-5-4-7(12(18)19)14-11(17)10-8(13)9(15-16-10)6-2-3-6/h6-7H,2-5H2,1H3,(H,14,17)(H,15,16)(H,18,19). The number of carbonyl (C=O) groups is 2. The summed E-state index contributed by atoms with van der Waals surface area (Å²) in [5.41, 5.74) is 1.09. The number of hydrogen-bond donors (Lipinski definition) is 3. The minimum absolute atomic E-state index is 0.190. The fourth-order valence-corrected chi connectivity index (χ4v) is 2.54. The Morgan fingerprint density at radius 3 is 2.85 bits per heavy atom. The molecule has 1 aliphatic rings. The van der Waals surface area contributed by atoms with Crippen LogP contribution in [0.2, 0.25) is 0 Å². The highest BCUT2D eigenvalue weighted by molar-refractivity contribution is 9.10. The largest absolute Gasteiger partial charge is 0.480 e. The molecule has 1 unspecified atom stereocenters. The Kier molecular flexibility index (Phi) is 4.77. The Labute approximate surface area is 124 Å². The first kappa shape index (κ1) is 15.0. The van der Waals surface area contributed by atoms with Crippen molar-refractivity contribution < 1.29 is 19.4 Å². The second-order valence-corrected chi connectivity index (χ2v) is 5.51. The van der Waals surface area contributed by atoms with Gasteiger partial charge in [-0.2, -0.15) is 5.10 Å². The minimum Gasteiger partial charge on any atom is -0.480 e. The molecule has 1 heterocycles. The molecule has 0 spiro atoms. The van der Waals surface area contributed by atoms with Crippen LogP contribution in [0.25, 0.3) is 0 Å². The number of amides is 1. The van der Waals surface area contributed by atoms with Crippen LogP contribution in [-0.4, -0.2) is 46.9 Å². The van der Waals surface area contributed by atoms with Gasteiger partial charge in [0.2, 0.25) is 0 Å². The molecule has 0 aliphatic heterocycles. The van der Waals surface area contributed by atoms with Crippen LogP contribution in [0.4, 0.5) is 0 Å². The summed E-state index contributed by atoms with van der Waals surface area (Å²) in [6, 6.07) is -0.990. The topological polar surface area (TPSA) is 104 Å². The van der Waals surface area contributed by atoms with Gasteiger partial charge in [0, 0.05) is 26.1 Å². The van der Waals surface area contributed by atoms with Gasteiger partial charge in [-0.15, -0.1) is 0 Å². The summed E-state index contributed by atoms with van der Waals surface area (Å²) in [6.45, 7) is 0.256. The van der Waals surface area contributed by atoms with Crippen molar-refractivity contribution in [2.24, 2.45) is 0 Å². The quantitative estimate of drug-likeness (QED) is 0.690. The number of aliphatic carboxylic acids is 1. The highest BCUT2D eigenvalue weighted by Gasteiger charge is 2.31. The van der Waals surface area contributed by atoms with E-state index in [-0.39, 0.29) is 18.7 Å². The third-order valence-corrected chi connectivity index (χ3v) is 3.95. The zero-order valence-electron chi connectivity index (χ0n) is 11.0. The lowest BCUT2D eigenvalue weighted by atomic mass is 10.2. The molecule has 1 aliphatic carbocycles. The van der Waals surface area contributed by atoms with Gasteiger partial charge < -0.3 is 15.2 Å². The molecular weight excluding hydrogens is 330 g/mol. The first-order chi connectivity index (χ1) is 9.54. The number of halogens is 1. The third kappa shape index (κ3) is 3.37. The van der Waals surface area contributed by atoms with Crippen molar-refractivity contribution in [3.63, 3.8) is 0 Å². The monoisotopic (exact) mass is 345 g/mol. The van der Waals surface area contributed by atoms with Crippen molar-refractivity contribution in [3.05, 3.63) is 15.9 Å². The molecule has 8 heteroatoms. The summed E-state index contributed by atoms with van der Waals surface area (Å²) < 4.78 is 5.45. The van der Waals surface area contributed by atoms with Crippen molar-refractivity contribution in [1.29, 1.82) is 0 Å². The number of aromatic nitrogens is 2. The molecule has 0 bridgehead atoms. The SMILES string of the molecule is COCCC(NC(=O)c1n[nH]c(C2CC2)c1Br)C(=O)O. The van der Waals surface area contributed by atoms with Crippen LogP contribution < -0.4 is 5.32 Å². The van der Waals surface area contributed by atoms with Gasteiger partial charge in [0.05, 0.1) is 10.2 Å². The highest BCUT2D eigenvalue weighted by atomic mass is 79.9. The maximum absolute atomic E-state index is 12.1. The predicted molar refractivity (Wildman–Crippen MR) is 73.6 cm³/mol. The van der Waals surface area contributed by atoms with E-state index < -0.39 is 17.9 Å². The molecule has 110 valence electrons. The molecule has 7 nitrogen and oxygen atoms in total. The molecule has 1 amide bonds. The lowest BCUT2D eigenvalue weighted by molar-refractivity contribution is -0.139. The van der Waals surface area contributed by atoms with Crippen molar-refractivity contribution in [3.8, 4) is 0 Å². The number of nitrogens with zero attached hydrogens (tertiary/aromatic N) is 1. The van der Waals surface area contributed by atoms with Crippen LogP contribution in [0, 0.1) is 0 Å². The summed E-state index contributed by atoms with van der Waals surface area (Å²) in [4.78, 5) is 23.1. The Morgan fingerprint density at radius 2 is 2.30 bits per heavy atom. The van der Waals surface area contributed by atoms with Gasteiger partial charge in [0.1, 0.15) is 6.04 Å². The number of H-pyrrole nitrogens is 1. The molecule has 2 rings (SSSR count). The molecule has 0 radical (unpaired) electrons. The van der Waals surface area contributed by atoms with E-state index in [1.54, 1.807) is 0 Å². The number of aromatic amines is 1. The van der Waals surface area contributed by atoms with Crippen LogP contribution in [-0.2, 0) is 9.53 Å². The van der Waals surface area contributed by atoms with E-state index in [9.17, 15) is 9.59 Å². The van der Waals surface area contributed by atoms with Crippen LogP contribution in [0.15, 0.2) is 4.47 Å². The lowest BCUT2D eigenvalue weighted by Gasteiger charge is -2.13. The van der Waals surface area contributed by atoms with Crippen LogP contribution in [0.3, 0.4) is 0 Å². The van der Waals surface area contributed by atoms with E-state index in [1.165, 1.54) is 7.11 Å². The van der Waals surface area contributed by atoms with Gasteiger partial charge in [0.15, 0.2) is 5.69 Å². The van der Waals surface area contributed by atoms with Gasteiger partial charge in [-0.05, 0) is 28.8 Å². The molecular formula is C12H16BrN3O4. The molecule has 0 aromatic carbocycles. The Balaban J connectivity index is 2.04. The highest BCUT2D eigenvalue weighted by Crippen LogP contribution is 2.42. The van der Waals surface area contributed by atoms with Crippen molar-refractivity contribution in [2.75, 3.05) is 13.7 Å². The van der Waals surface area contributed by atoms with Gasteiger partial charge in [-0.1, -0.05) is 0 Å². The van der Waals surface area contributed by atoms with Gasteiger partial charge in [-0.3, -0.25) is 9.89 Å². The first-order valence-electron chi connectivity index (χ1n) is 6.31. The molecule has 20 heavy (non-hydrogen) atoms. The van der Waals surface area contributed by atoms with Crippen molar-refractivity contribution in [1.82, 2.24) is 15.5 Å². The van der Waals surface area contributed by atoms with Gasteiger partial charge >= 0.3 is 5.97 Å². The van der Waals surface area contributed by atoms with E-state index >= 15 is 0 Å².